The third-order valence-corrected chi connectivity index (χ3v) is 9.48. The second-order valence-electron chi connectivity index (χ2n) is 9.37. The van der Waals surface area contributed by atoms with E-state index in [4.69, 9.17) is 16.3 Å². The molecule has 2 aromatic carbocycles. The standard InChI is InChI=1S/C25H24ClN5O4S/c26-20-12-29-25(32)19-2-1-3-23(24(19)20)36(33,34)31-6-4-18-21(8-15(11-27)9-22(18)31)28-5-7-30-13-17-10-16(30)14-35-17/h1-3,8-9,12,16-17,28H,4-7,10,13-14H2,(H,29,32)/t16-,17-/m1/s1. The van der Waals surface area contributed by atoms with Crippen molar-refractivity contribution in [2.24, 2.45) is 0 Å². The normalized spacial score (nSPS) is 21.2. The molecule has 4 heterocycles. The van der Waals surface area contributed by atoms with E-state index >= 15 is 0 Å². The monoisotopic (exact) mass is 525 g/mol. The molecule has 2 atom stereocenters. The van der Waals surface area contributed by atoms with Crippen LogP contribution in [0.4, 0.5) is 11.4 Å². The molecule has 3 aromatic rings. The van der Waals surface area contributed by atoms with Crippen molar-refractivity contribution in [3.05, 3.63) is 63.0 Å². The molecular formula is C25H24ClN5O4S. The van der Waals surface area contributed by atoms with Gasteiger partial charge in [0.25, 0.3) is 15.6 Å². The Morgan fingerprint density at radius 1 is 1.31 bits per heavy atom. The highest BCUT2D eigenvalue weighted by Crippen LogP contribution is 2.40. The second kappa shape index (κ2) is 8.78. The summed E-state index contributed by atoms with van der Waals surface area (Å²) < 4.78 is 34.7. The minimum Gasteiger partial charge on any atom is -0.383 e. The molecule has 6 rings (SSSR count). The number of rotatable bonds is 6. The first-order chi connectivity index (χ1) is 17.4. The number of anilines is 2. The fraction of sp³-hybridized carbons (Fsp3) is 0.360. The molecule has 2 fully saturated rings. The van der Waals surface area contributed by atoms with Gasteiger partial charge in [0.05, 0.1) is 39.9 Å². The van der Waals surface area contributed by atoms with Gasteiger partial charge in [0.15, 0.2) is 0 Å². The van der Waals surface area contributed by atoms with Crippen molar-refractivity contribution in [3.8, 4) is 6.07 Å². The van der Waals surface area contributed by atoms with Crippen LogP contribution in [0.25, 0.3) is 10.8 Å². The summed E-state index contributed by atoms with van der Waals surface area (Å²) in [5.41, 5.74) is 2.06. The van der Waals surface area contributed by atoms with Crippen molar-refractivity contribution in [1.82, 2.24) is 9.88 Å². The lowest BCUT2D eigenvalue weighted by Crippen LogP contribution is -2.39. The number of halogens is 1. The van der Waals surface area contributed by atoms with Gasteiger partial charge in [-0.25, -0.2) is 8.42 Å². The summed E-state index contributed by atoms with van der Waals surface area (Å²) in [6, 6.07) is 10.6. The van der Waals surface area contributed by atoms with Gasteiger partial charge in [-0.2, -0.15) is 5.26 Å². The summed E-state index contributed by atoms with van der Waals surface area (Å²) in [5.74, 6) is 0. The van der Waals surface area contributed by atoms with Gasteiger partial charge in [-0.05, 0) is 37.1 Å². The van der Waals surface area contributed by atoms with E-state index in [1.807, 2.05) is 0 Å². The van der Waals surface area contributed by atoms with Gasteiger partial charge in [0.2, 0.25) is 0 Å². The van der Waals surface area contributed by atoms with Gasteiger partial charge in [0, 0.05) is 60.4 Å². The number of morpholine rings is 1. The Bertz CT molecular complexity index is 1580. The van der Waals surface area contributed by atoms with Crippen LogP contribution in [0.15, 0.2) is 46.2 Å². The van der Waals surface area contributed by atoms with E-state index in [0.29, 0.717) is 36.4 Å². The lowest BCUT2D eigenvalue weighted by atomic mass is 10.1. The van der Waals surface area contributed by atoms with E-state index in [-0.39, 0.29) is 27.2 Å². The molecule has 36 heavy (non-hydrogen) atoms. The number of hydrogen-bond acceptors (Lipinski definition) is 7. The van der Waals surface area contributed by atoms with Crippen LogP contribution in [0.3, 0.4) is 0 Å². The maximum atomic E-state index is 13.9. The van der Waals surface area contributed by atoms with Crippen LogP contribution in [0.5, 0.6) is 0 Å². The molecule has 9 nitrogen and oxygen atoms in total. The van der Waals surface area contributed by atoms with Crippen molar-refractivity contribution in [2.45, 2.75) is 29.9 Å². The van der Waals surface area contributed by atoms with Crippen molar-refractivity contribution < 1.29 is 13.2 Å². The Hall–Kier alpha value is -3.10. The van der Waals surface area contributed by atoms with Gasteiger partial charge in [-0.1, -0.05) is 17.7 Å². The number of ether oxygens (including phenoxy) is 1. The summed E-state index contributed by atoms with van der Waals surface area (Å²) in [6.07, 6.45) is 3.22. The molecule has 2 saturated heterocycles. The molecule has 0 spiro atoms. The van der Waals surface area contributed by atoms with E-state index in [9.17, 15) is 18.5 Å². The molecule has 0 radical (unpaired) electrons. The highest BCUT2D eigenvalue weighted by Gasteiger charge is 2.38. The first kappa shape index (κ1) is 23.3. The van der Waals surface area contributed by atoms with E-state index in [1.54, 1.807) is 18.2 Å². The van der Waals surface area contributed by atoms with E-state index in [2.05, 4.69) is 21.3 Å². The number of pyridine rings is 1. The minimum absolute atomic E-state index is 0.0351. The van der Waals surface area contributed by atoms with Gasteiger partial charge < -0.3 is 15.0 Å². The predicted octanol–water partition coefficient (Wildman–Crippen LogP) is 2.69. The largest absolute Gasteiger partial charge is 0.383 e. The molecule has 1 aromatic heterocycles. The van der Waals surface area contributed by atoms with Crippen molar-refractivity contribution in [2.75, 3.05) is 42.4 Å². The number of nitrogens with zero attached hydrogens (tertiary/aromatic N) is 3. The van der Waals surface area contributed by atoms with Crippen LogP contribution < -0.4 is 15.2 Å². The number of H-pyrrole nitrogens is 1. The van der Waals surface area contributed by atoms with E-state index in [0.717, 1.165) is 37.4 Å². The average Bonchev–Trinajstić information content (AvgIpc) is 3.62. The van der Waals surface area contributed by atoms with Crippen LogP contribution in [-0.2, 0) is 21.2 Å². The maximum absolute atomic E-state index is 13.9. The number of fused-ring (bicyclic) bond motifs is 4. The van der Waals surface area contributed by atoms with E-state index < -0.39 is 15.6 Å². The molecule has 0 unspecified atom stereocenters. The minimum atomic E-state index is -4.06. The Kier molecular flexibility index (Phi) is 5.68. The predicted molar refractivity (Wildman–Crippen MR) is 137 cm³/mol. The van der Waals surface area contributed by atoms with Crippen molar-refractivity contribution in [1.29, 1.82) is 5.26 Å². The van der Waals surface area contributed by atoms with Crippen molar-refractivity contribution >= 4 is 43.8 Å². The Morgan fingerprint density at radius 3 is 2.92 bits per heavy atom. The summed E-state index contributed by atoms with van der Waals surface area (Å²) in [4.78, 5) is 17.2. The van der Waals surface area contributed by atoms with Gasteiger partial charge in [0.1, 0.15) is 0 Å². The molecule has 186 valence electrons. The SMILES string of the molecule is N#Cc1cc(NCCN2C[C@H]3C[C@@H]2CO3)c2c(c1)N(S(=O)(=O)c1cccc3c(=O)[nH]cc(Cl)c13)CC2. The lowest BCUT2D eigenvalue weighted by molar-refractivity contribution is 0.0324. The van der Waals surface area contributed by atoms with Crippen LogP contribution in [-0.4, -0.2) is 63.2 Å². The van der Waals surface area contributed by atoms with Crippen LogP contribution >= 0.6 is 11.6 Å². The molecule has 0 saturated carbocycles. The number of benzene rings is 2. The third kappa shape index (κ3) is 3.74. The van der Waals surface area contributed by atoms with Gasteiger partial charge >= 0.3 is 0 Å². The Labute approximate surface area is 213 Å². The molecule has 0 aliphatic carbocycles. The van der Waals surface area contributed by atoms with Gasteiger partial charge in [-0.15, -0.1) is 0 Å². The van der Waals surface area contributed by atoms with E-state index in [1.165, 1.54) is 22.6 Å². The fourth-order valence-corrected chi connectivity index (χ4v) is 7.65. The number of aromatic amines is 1. The zero-order valence-corrected chi connectivity index (χ0v) is 20.9. The van der Waals surface area contributed by atoms with Crippen molar-refractivity contribution in [3.63, 3.8) is 0 Å². The topological polar surface area (TPSA) is 119 Å². The average molecular weight is 526 g/mol. The fourth-order valence-electron chi connectivity index (χ4n) is 5.61. The number of hydrogen-bond donors (Lipinski definition) is 2. The quantitative estimate of drug-likeness (QED) is 0.508. The number of likely N-dealkylation sites (tertiary alicyclic amines) is 1. The molecule has 3 aliphatic heterocycles. The van der Waals surface area contributed by atoms with Crippen LogP contribution in [0, 0.1) is 11.3 Å². The smallest absolute Gasteiger partial charge is 0.265 e. The zero-order chi connectivity index (χ0) is 25.0. The summed E-state index contributed by atoms with van der Waals surface area (Å²) in [6.45, 7) is 3.47. The molecule has 0 amide bonds. The molecule has 11 heteroatoms. The summed E-state index contributed by atoms with van der Waals surface area (Å²) in [7, 11) is -4.06. The number of nitrogens with one attached hydrogen (secondary N) is 2. The maximum Gasteiger partial charge on any atom is 0.265 e. The van der Waals surface area contributed by atoms with Crippen LogP contribution in [0.1, 0.15) is 17.5 Å². The van der Waals surface area contributed by atoms with Gasteiger partial charge in [-0.3, -0.25) is 14.0 Å². The summed E-state index contributed by atoms with van der Waals surface area (Å²) >= 11 is 6.34. The summed E-state index contributed by atoms with van der Waals surface area (Å²) in [5, 5.41) is 13.6. The molecule has 2 N–H and O–H groups in total. The molecule has 2 bridgehead atoms. The Balaban J connectivity index is 1.33. The highest BCUT2D eigenvalue weighted by molar-refractivity contribution is 7.93. The lowest BCUT2D eigenvalue weighted by Gasteiger charge is -2.27. The first-order valence-corrected chi connectivity index (χ1v) is 13.7. The molecular weight excluding hydrogens is 502 g/mol. The van der Waals surface area contributed by atoms with Crippen LogP contribution in [0.2, 0.25) is 5.02 Å². The highest BCUT2D eigenvalue weighted by atomic mass is 35.5. The number of sulfonamides is 1. The number of aromatic nitrogens is 1. The Morgan fingerprint density at radius 2 is 2.17 bits per heavy atom. The molecule has 3 aliphatic rings. The number of nitriles is 1. The zero-order valence-electron chi connectivity index (χ0n) is 19.3. The third-order valence-electron chi connectivity index (χ3n) is 7.33. The second-order valence-corrected chi connectivity index (χ2v) is 11.6. The first-order valence-electron chi connectivity index (χ1n) is 11.9.